The van der Waals surface area contributed by atoms with E-state index in [1.807, 2.05) is 12.1 Å². The molecule has 1 aromatic carbocycles. The standard InChI is InChI=1S/C18H18ClN3O4/c19-14-5-3-13(4-6-14)16-8-7-15(26-16)11-20-22-12-17(24)21(18(22)25)9-1-2-10-23/h3-8,11-12,23-24H,1-2,9-10H2. The maximum atomic E-state index is 12.2. The highest BCUT2D eigenvalue weighted by molar-refractivity contribution is 6.30. The van der Waals surface area contributed by atoms with Crippen molar-refractivity contribution in [1.29, 1.82) is 0 Å². The molecule has 0 bridgehead atoms. The molecular weight excluding hydrogens is 358 g/mol. The zero-order valence-electron chi connectivity index (χ0n) is 13.9. The van der Waals surface area contributed by atoms with Gasteiger partial charge in [-0.3, -0.25) is 4.57 Å². The molecule has 0 amide bonds. The van der Waals surface area contributed by atoms with Gasteiger partial charge in [0.05, 0.1) is 12.4 Å². The van der Waals surface area contributed by atoms with Gasteiger partial charge < -0.3 is 14.6 Å². The van der Waals surface area contributed by atoms with Crippen LogP contribution in [-0.4, -0.2) is 32.3 Å². The number of aromatic hydroxyl groups is 1. The van der Waals surface area contributed by atoms with Gasteiger partial charge in [-0.2, -0.15) is 9.78 Å². The van der Waals surface area contributed by atoms with Gasteiger partial charge in [-0.05, 0) is 49.2 Å². The summed E-state index contributed by atoms with van der Waals surface area (Å²) in [6, 6.07) is 10.8. The Morgan fingerprint density at radius 3 is 2.65 bits per heavy atom. The predicted molar refractivity (Wildman–Crippen MR) is 98.8 cm³/mol. The van der Waals surface area contributed by atoms with E-state index >= 15 is 0 Å². The molecule has 0 radical (unpaired) electrons. The second kappa shape index (κ2) is 8.07. The predicted octanol–water partition coefficient (Wildman–Crippen LogP) is 2.92. The molecule has 0 saturated carbocycles. The van der Waals surface area contributed by atoms with Crippen molar-refractivity contribution >= 4 is 17.8 Å². The summed E-state index contributed by atoms with van der Waals surface area (Å²) >= 11 is 5.87. The van der Waals surface area contributed by atoms with E-state index in [9.17, 15) is 9.90 Å². The van der Waals surface area contributed by atoms with E-state index in [1.54, 1.807) is 24.3 Å². The summed E-state index contributed by atoms with van der Waals surface area (Å²) in [5.74, 6) is 0.945. The van der Waals surface area contributed by atoms with Crippen LogP contribution in [-0.2, 0) is 6.54 Å². The molecule has 0 aliphatic rings. The normalized spacial score (nSPS) is 11.5. The average molecular weight is 376 g/mol. The van der Waals surface area contributed by atoms with Crippen LogP contribution in [0.1, 0.15) is 18.6 Å². The van der Waals surface area contributed by atoms with Gasteiger partial charge in [0.2, 0.25) is 5.88 Å². The number of aliphatic hydroxyl groups excluding tert-OH is 1. The van der Waals surface area contributed by atoms with Gasteiger partial charge in [-0.15, -0.1) is 0 Å². The quantitative estimate of drug-likeness (QED) is 0.490. The number of aromatic nitrogens is 2. The Hall–Kier alpha value is -2.77. The Morgan fingerprint density at radius 2 is 1.92 bits per heavy atom. The molecule has 0 aliphatic heterocycles. The molecule has 3 aromatic rings. The van der Waals surface area contributed by atoms with E-state index in [4.69, 9.17) is 21.1 Å². The van der Waals surface area contributed by atoms with Crippen LogP contribution in [0.25, 0.3) is 11.3 Å². The van der Waals surface area contributed by atoms with Gasteiger partial charge in [0.1, 0.15) is 11.5 Å². The van der Waals surface area contributed by atoms with Crippen molar-refractivity contribution in [3.8, 4) is 17.2 Å². The number of furan rings is 1. The van der Waals surface area contributed by atoms with Crippen LogP contribution in [0.15, 0.2) is 56.9 Å². The lowest BCUT2D eigenvalue weighted by Gasteiger charge is -2.00. The number of imidazole rings is 1. The van der Waals surface area contributed by atoms with E-state index in [0.29, 0.717) is 35.9 Å². The maximum Gasteiger partial charge on any atom is 0.351 e. The van der Waals surface area contributed by atoms with Gasteiger partial charge in [0.15, 0.2) is 0 Å². The minimum atomic E-state index is -0.457. The molecule has 8 heteroatoms. The fourth-order valence-corrected chi connectivity index (χ4v) is 2.57. The number of nitrogens with zero attached hydrogens (tertiary/aromatic N) is 3. The van der Waals surface area contributed by atoms with Crippen LogP contribution in [0.4, 0.5) is 0 Å². The number of aliphatic hydroxyl groups is 1. The minimum Gasteiger partial charge on any atom is -0.493 e. The van der Waals surface area contributed by atoms with Crippen molar-refractivity contribution in [1.82, 2.24) is 9.24 Å². The first-order valence-electron chi connectivity index (χ1n) is 8.10. The van der Waals surface area contributed by atoms with Gasteiger partial charge in [0, 0.05) is 23.7 Å². The summed E-state index contributed by atoms with van der Waals surface area (Å²) in [6.07, 6.45) is 3.78. The third-order valence-corrected chi connectivity index (χ3v) is 4.05. The highest BCUT2D eigenvalue weighted by atomic mass is 35.5. The van der Waals surface area contributed by atoms with Crippen LogP contribution in [0.5, 0.6) is 5.88 Å². The minimum absolute atomic E-state index is 0.0445. The highest BCUT2D eigenvalue weighted by Gasteiger charge is 2.09. The van der Waals surface area contributed by atoms with Crippen molar-refractivity contribution in [2.24, 2.45) is 5.10 Å². The van der Waals surface area contributed by atoms with Crippen molar-refractivity contribution < 1.29 is 14.6 Å². The Morgan fingerprint density at radius 1 is 1.15 bits per heavy atom. The Kier molecular flexibility index (Phi) is 5.60. The van der Waals surface area contributed by atoms with Gasteiger partial charge in [-0.1, -0.05) is 11.6 Å². The molecule has 2 N–H and O–H groups in total. The third-order valence-electron chi connectivity index (χ3n) is 3.80. The summed E-state index contributed by atoms with van der Waals surface area (Å²) in [6.45, 7) is 0.359. The van der Waals surface area contributed by atoms with Crippen LogP contribution in [0.2, 0.25) is 5.02 Å². The summed E-state index contributed by atoms with van der Waals surface area (Å²) in [4.78, 5) is 12.2. The molecular formula is C18H18ClN3O4. The lowest BCUT2D eigenvalue weighted by Crippen LogP contribution is -2.22. The number of unbranched alkanes of at least 4 members (excludes halogenated alkanes) is 1. The molecule has 0 saturated heterocycles. The largest absolute Gasteiger partial charge is 0.493 e. The second-order valence-corrected chi connectivity index (χ2v) is 6.09. The summed E-state index contributed by atoms with van der Waals surface area (Å²) in [5, 5.41) is 23.3. The molecule has 26 heavy (non-hydrogen) atoms. The van der Waals surface area contributed by atoms with Crippen LogP contribution >= 0.6 is 11.6 Å². The van der Waals surface area contributed by atoms with E-state index in [2.05, 4.69) is 5.10 Å². The first-order valence-corrected chi connectivity index (χ1v) is 8.48. The Balaban J connectivity index is 1.75. The molecule has 3 rings (SSSR count). The molecule has 0 fully saturated rings. The molecule has 0 spiro atoms. The molecule has 0 atom stereocenters. The van der Waals surface area contributed by atoms with E-state index in [0.717, 1.165) is 10.2 Å². The molecule has 136 valence electrons. The number of benzene rings is 1. The zero-order valence-corrected chi connectivity index (χ0v) is 14.6. The first-order chi connectivity index (χ1) is 12.6. The monoisotopic (exact) mass is 375 g/mol. The number of hydrogen-bond acceptors (Lipinski definition) is 5. The van der Waals surface area contributed by atoms with E-state index in [-0.39, 0.29) is 12.5 Å². The molecule has 0 unspecified atom stereocenters. The van der Waals surface area contributed by atoms with Gasteiger partial charge in [-0.25, -0.2) is 4.79 Å². The van der Waals surface area contributed by atoms with Gasteiger partial charge >= 0.3 is 5.69 Å². The van der Waals surface area contributed by atoms with Crippen LogP contribution in [0.3, 0.4) is 0 Å². The number of rotatable bonds is 7. The average Bonchev–Trinajstić information content (AvgIpc) is 3.20. The summed E-state index contributed by atoms with van der Waals surface area (Å²) in [7, 11) is 0. The molecule has 7 nitrogen and oxygen atoms in total. The van der Waals surface area contributed by atoms with E-state index in [1.165, 1.54) is 17.0 Å². The SMILES string of the molecule is O=c1n(N=Cc2ccc(-c3ccc(Cl)cc3)o2)cc(O)n1CCCCO. The lowest BCUT2D eigenvalue weighted by atomic mass is 10.2. The number of hydrogen-bond donors (Lipinski definition) is 2. The first kappa shape index (κ1) is 18.0. The fraction of sp³-hybridized carbons (Fsp3) is 0.222. The van der Waals surface area contributed by atoms with Crippen molar-refractivity contribution in [3.05, 3.63) is 63.9 Å². The van der Waals surface area contributed by atoms with Crippen molar-refractivity contribution in [2.45, 2.75) is 19.4 Å². The van der Waals surface area contributed by atoms with Crippen LogP contribution < -0.4 is 5.69 Å². The lowest BCUT2D eigenvalue weighted by molar-refractivity contribution is 0.279. The summed E-state index contributed by atoms with van der Waals surface area (Å²) in [5.41, 5.74) is 0.417. The topological polar surface area (TPSA) is 92.9 Å². The molecule has 0 aliphatic carbocycles. The Labute approximate surface area is 154 Å². The third kappa shape index (κ3) is 4.07. The van der Waals surface area contributed by atoms with E-state index < -0.39 is 5.69 Å². The molecule has 2 aromatic heterocycles. The second-order valence-electron chi connectivity index (χ2n) is 5.65. The van der Waals surface area contributed by atoms with Crippen molar-refractivity contribution in [3.63, 3.8) is 0 Å². The smallest absolute Gasteiger partial charge is 0.351 e. The van der Waals surface area contributed by atoms with Crippen LogP contribution in [0, 0.1) is 0 Å². The molecule has 2 heterocycles. The maximum absolute atomic E-state index is 12.2. The van der Waals surface area contributed by atoms with Crippen molar-refractivity contribution in [2.75, 3.05) is 6.61 Å². The summed E-state index contributed by atoms with van der Waals surface area (Å²) < 4.78 is 7.93. The highest BCUT2D eigenvalue weighted by Crippen LogP contribution is 2.23. The fourth-order valence-electron chi connectivity index (χ4n) is 2.44. The zero-order chi connectivity index (χ0) is 18.5. The Bertz CT molecular complexity index is 954. The van der Waals surface area contributed by atoms with Gasteiger partial charge in [0.25, 0.3) is 0 Å². The number of halogens is 1.